The lowest BCUT2D eigenvalue weighted by Crippen LogP contribution is -2.07. The topological polar surface area (TPSA) is 27.7 Å². The summed E-state index contributed by atoms with van der Waals surface area (Å²) in [6.07, 6.45) is 0. The largest absolute Gasteiger partial charge is 0.382 e. The number of hydrogen-bond donors (Lipinski definition) is 0. The Bertz CT molecular complexity index is 386. The summed E-state index contributed by atoms with van der Waals surface area (Å²) in [6, 6.07) is 6.68. The molecular weight excluding hydrogens is 252 g/mol. The minimum atomic E-state index is 0.312. The number of hydrogen-bond acceptors (Lipinski definition) is 3. The van der Waals surface area contributed by atoms with Gasteiger partial charge in [0, 0.05) is 7.11 Å². The molecule has 0 fully saturated rings. The molecule has 0 heterocycles. The molecule has 0 amide bonds. The molecule has 0 radical (unpaired) electrons. The predicted octanol–water partition coefficient (Wildman–Crippen LogP) is 4.07. The molecule has 0 N–H and O–H groups in total. The molecule has 1 aromatic carbocycles. The highest BCUT2D eigenvalue weighted by molar-refractivity contribution is 5.35. The van der Waals surface area contributed by atoms with Gasteiger partial charge in [-0.15, -0.1) is 0 Å². The molecule has 0 unspecified atom stereocenters. The Labute approximate surface area is 123 Å². The molecule has 0 aliphatic carbocycles. The third-order valence-corrected chi connectivity index (χ3v) is 3.31. The van der Waals surface area contributed by atoms with Crippen molar-refractivity contribution < 1.29 is 14.2 Å². The van der Waals surface area contributed by atoms with Crippen LogP contribution in [-0.4, -0.2) is 27.1 Å². The third-order valence-electron chi connectivity index (χ3n) is 3.31. The van der Waals surface area contributed by atoms with E-state index in [0.29, 0.717) is 38.4 Å². The Hall–Kier alpha value is -0.900. The molecule has 20 heavy (non-hydrogen) atoms. The molecule has 0 spiro atoms. The monoisotopic (exact) mass is 280 g/mol. The fraction of sp³-hybridized carbons (Fsp3) is 0.647. The van der Waals surface area contributed by atoms with Gasteiger partial charge in [-0.1, -0.05) is 45.9 Å². The smallest absolute Gasteiger partial charge is 0.147 e. The summed E-state index contributed by atoms with van der Waals surface area (Å²) in [5.74, 6) is 1.06. The summed E-state index contributed by atoms with van der Waals surface area (Å²) in [5, 5.41) is 0. The SMILES string of the molecule is COCCOCOCc1ccc(C(C)C)cc1C(C)C. The molecule has 114 valence electrons. The molecule has 0 aromatic heterocycles. The van der Waals surface area contributed by atoms with Crippen molar-refractivity contribution in [2.75, 3.05) is 27.1 Å². The van der Waals surface area contributed by atoms with Crippen LogP contribution >= 0.6 is 0 Å². The van der Waals surface area contributed by atoms with Crippen molar-refractivity contribution in [3.63, 3.8) is 0 Å². The van der Waals surface area contributed by atoms with E-state index in [0.717, 1.165) is 0 Å². The van der Waals surface area contributed by atoms with E-state index in [-0.39, 0.29) is 0 Å². The Balaban J connectivity index is 2.56. The van der Waals surface area contributed by atoms with Gasteiger partial charge in [0.05, 0.1) is 19.8 Å². The van der Waals surface area contributed by atoms with Crippen LogP contribution < -0.4 is 0 Å². The molecule has 0 saturated carbocycles. The lowest BCUT2D eigenvalue weighted by molar-refractivity contribution is -0.0726. The van der Waals surface area contributed by atoms with E-state index in [2.05, 4.69) is 45.9 Å². The molecule has 0 saturated heterocycles. The second-order valence-electron chi connectivity index (χ2n) is 5.64. The highest BCUT2D eigenvalue weighted by atomic mass is 16.7. The minimum absolute atomic E-state index is 0.312. The van der Waals surface area contributed by atoms with E-state index in [9.17, 15) is 0 Å². The number of ether oxygens (including phenoxy) is 3. The zero-order chi connectivity index (χ0) is 15.0. The van der Waals surface area contributed by atoms with Gasteiger partial charge in [0.1, 0.15) is 6.79 Å². The average molecular weight is 280 g/mol. The number of methoxy groups -OCH3 is 1. The summed E-state index contributed by atoms with van der Waals surface area (Å²) >= 11 is 0. The van der Waals surface area contributed by atoms with Crippen LogP contribution in [0.2, 0.25) is 0 Å². The molecule has 1 rings (SSSR count). The fourth-order valence-electron chi connectivity index (χ4n) is 2.05. The standard InChI is InChI=1S/C17H28O3/c1-13(2)15-6-7-16(17(10-15)14(3)4)11-20-12-19-9-8-18-5/h6-7,10,13-14H,8-9,11-12H2,1-5H3. The fourth-order valence-corrected chi connectivity index (χ4v) is 2.05. The van der Waals surface area contributed by atoms with Gasteiger partial charge in [0.2, 0.25) is 0 Å². The maximum Gasteiger partial charge on any atom is 0.147 e. The Morgan fingerprint density at radius 2 is 1.70 bits per heavy atom. The van der Waals surface area contributed by atoms with Crippen molar-refractivity contribution in [3.8, 4) is 0 Å². The van der Waals surface area contributed by atoms with E-state index < -0.39 is 0 Å². The molecular formula is C17H28O3. The first-order valence-electron chi connectivity index (χ1n) is 7.33. The summed E-state index contributed by atoms with van der Waals surface area (Å²) in [4.78, 5) is 0. The Morgan fingerprint density at radius 3 is 2.30 bits per heavy atom. The van der Waals surface area contributed by atoms with Gasteiger partial charge in [-0.3, -0.25) is 0 Å². The van der Waals surface area contributed by atoms with Crippen molar-refractivity contribution in [3.05, 3.63) is 34.9 Å². The first kappa shape index (κ1) is 17.2. The summed E-state index contributed by atoms with van der Waals surface area (Å²) < 4.78 is 15.8. The van der Waals surface area contributed by atoms with Gasteiger partial charge in [-0.05, 0) is 28.5 Å². The molecule has 0 aliphatic heterocycles. The molecule has 1 aromatic rings. The van der Waals surface area contributed by atoms with Gasteiger partial charge in [-0.2, -0.15) is 0 Å². The molecule has 0 aliphatic rings. The minimum Gasteiger partial charge on any atom is -0.382 e. The lowest BCUT2D eigenvalue weighted by atomic mass is 9.92. The predicted molar refractivity (Wildman–Crippen MR) is 82.1 cm³/mol. The van der Waals surface area contributed by atoms with Crippen LogP contribution in [0.4, 0.5) is 0 Å². The maximum atomic E-state index is 5.58. The first-order valence-corrected chi connectivity index (χ1v) is 7.33. The van der Waals surface area contributed by atoms with Crippen LogP contribution in [0.1, 0.15) is 56.2 Å². The zero-order valence-corrected chi connectivity index (χ0v) is 13.4. The van der Waals surface area contributed by atoms with Gasteiger partial charge < -0.3 is 14.2 Å². The summed E-state index contributed by atoms with van der Waals surface area (Å²) in [7, 11) is 1.66. The van der Waals surface area contributed by atoms with Gasteiger partial charge in [0.15, 0.2) is 0 Å². The quantitative estimate of drug-likeness (QED) is 0.504. The van der Waals surface area contributed by atoms with Crippen molar-refractivity contribution in [2.24, 2.45) is 0 Å². The van der Waals surface area contributed by atoms with Gasteiger partial charge in [0.25, 0.3) is 0 Å². The summed E-state index contributed by atoms with van der Waals surface area (Å²) in [6.45, 7) is 11.0. The van der Waals surface area contributed by atoms with Crippen LogP contribution in [0.3, 0.4) is 0 Å². The maximum absolute atomic E-state index is 5.58. The normalized spacial score (nSPS) is 11.6. The second-order valence-corrected chi connectivity index (χ2v) is 5.64. The van der Waals surface area contributed by atoms with Gasteiger partial charge >= 0.3 is 0 Å². The highest BCUT2D eigenvalue weighted by Crippen LogP contribution is 2.25. The van der Waals surface area contributed by atoms with E-state index in [1.165, 1.54) is 16.7 Å². The van der Waals surface area contributed by atoms with E-state index in [1.807, 2.05) is 0 Å². The Kier molecular flexibility index (Phi) is 7.82. The van der Waals surface area contributed by atoms with E-state index in [1.54, 1.807) is 7.11 Å². The molecule has 0 atom stereocenters. The lowest BCUT2D eigenvalue weighted by Gasteiger charge is -2.16. The summed E-state index contributed by atoms with van der Waals surface area (Å²) in [5.41, 5.74) is 4.00. The molecule has 3 heteroatoms. The molecule has 0 bridgehead atoms. The third kappa shape index (κ3) is 5.61. The van der Waals surface area contributed by atoms with Crippen molar-refractivity contribution in [2.45, 2.75) is 46.1 Å². The van der Waals surface area contributed by atoms with E-state index >= 15 is 0 Å². The number of rotatable bonds is 9. The molecule has 3 nitrogen and oxygen atoms in total. The van der Waals surface area contributed by atoms with Gasteiger partial charge in [-0.25, -0.2) is 0 Å². The van der Waals surface area contributed by atoms with Crippen molar-refractivity contribution >= 4 is 0 Å². The van der Waals surface area contributed by atoms with Crippen LogP contribution in [0.15, 0.2) is 18.2 Å². The van der Waals surface area contributed by atoms with Crippen molar-refractivity contribution in [1.29, 1.82) is 0 Å². The van der Waals surface area contributed by atoms with Crippen LogP contribution in [0.5, 0.6) is 0 Å². The first-order chi connectivity index (χ1) is 9.56. The van der Waals surface area contributed by atoms with Crippen molar-refractivity contribution in [1.82, 2.24) is 0 Å². The Morgan fingerprint density at radius 1 is 0.950 bits per heavy atom. The van der Waals surface area contributed by atoms with Crippen LogP contribution in [0.25, 0.3) is 0 Å². The van der Waals surface area contributed by atoms with Crippen LogP contribution in [0, 0.1) is 0 Å². The average Bonchev–Trinajstić information content (AvgIpc) is 2.42. The van der Waals surface area contributed by atoms with E-state index in [4.69, 9.17) is 14.2 Å². The number of benzene rings is 1. The highest BCUT2D eigenvalue weighted by Gasteiger charge is 2.09. The second kappa shape index (κ2) is 9.11. The zero-order valence-electron chi connectivity index (χ0n) is 13.4. The van der Waals surface area contributed by atoms with Crippen LogP contribution in [-0.2, 0) is 20.8 Å².